The van der Waals surface area contributed by atoms with Gasteiger partial charge < -0.3 is 8.85 Å². The van der Waals surface area contributed by atoms with Gasteiger partial charge in [-0.05, 0) is 64.2 Å². The summed E-state index contributed by atoms with van der Waals surface area (Å²) in [5.74, 6) is 0. The van der Waals surface area contributed by atoms with Crippen LogP contribution in [-0.4, -0.2) is 22.5 Å². The Balaban J connectivity index is 1.77. The summed E-state index contributed by atoms with van der Waals surface area (Å²) in [6.07, 6.45) is 1.00. The molecular formula is C22H23O2Si. The SMILES string of the molecule is CCO[Si](CCc1ccc2ccc3cccc4ccc1c2c34)OCC. The molecule has 0 fully saturated rings. The van der Waals surface area contributed by atoms with E-state index in [1.807, 2.05) is 13.8 Å². The van der Waals surface area contributed by atoms with E-state index in [-0.39, 0.29) is 0 Å². The molecule has 0 atom stereocenters. The zero-order valence-corrected chi connectivity index (χ0v) is 15.8. The molecular weight excluding hydrogens is 324 g/mol. The van der Waals surface area contributed by atoms with Crippen LogP contribution in [0, 0.1) is 0 Å². The molecule has 0 aliphatic heterocycles. The van der Waals surface area contributed by atoms with E-state index in [0.717, 1.165) is 25.7 Å². The largest absolute Gasteiger partial charge is 0.394 e. The molecule has 0 heterocycles. The van der Waals surface area contributed by atoms with Gasteiger partial charge in [0.1, 0.15) is 0 Å². The summed E-state index contributed by atoms with van der Waals surface area (Å²) in [5, 5.41) is 8.12. The first-order valence-electron chi connectivity index (χ1n) is 9.08. The molecule has 0 saturated carbocycles. The topological polar surface area (TPSA) is 18.5 Å². The minimum absolute atomic E-state index is 0.729. The third-order valence-corrected chi connectivity index (χ3v) is 6.71. The third-order valence-electron chi connectivity index (χ3n) is 4.83. The van der Waals surface area contributed by atoms with Crippen LogP contribution < -0.4 is 0 Å². The molecule has 0 aromatic heterocycles. The summed E-state index contributed by atoms with van der Waals surface area (Å²) in [6, 6.07) is 21.1. The Labute approximate surface area is 150 Å². The van der Waals surface area contributed by atoms with Crippen LogP contribution in [0.25, 0.3) is 32.3 Å². The van der Waals surface area contributed by atoms with Crippen molar-refractivity contribution in [2.75, 3.05) is 13.2 Å². The molecule has 0 N–H and O–H groups in total. The molecule has 4 aromatic rings. The Morgan fingerprint density at radius 1 is 0.720 bits per heavy atom. The summed E-state index contributed by atoms with van der Waals surface area (Å²) in [4.78, 5) is 0. The van der Waals surface area contributed by atoms with Crippen LogP contribution in [0.1, 0.15) is 19.4 Å². The van der Waals surface area contributed by atoms with Gasteiger partial charge in [-0.3, -0.25) is 0 Å². The van der Waals surface area contributed by atoms with Gasteiger partial charge in [0.05, 0.1) is 0 Å². The lowest BCUT2D eigenvalue weighted by Crippen LogP contribution is -2.23. The van der Waals surface area contributed by atoms with Gasteiger partial charge >= 0.3 is 9.28 Å². The molecule has 4 aromatic carbocycles. The first-order chi connectivity index (χ1) is 12.3. The molecule has 0 saturated heterocycles. The van der Waals surface area contributed by atoms with Crippen molar-refractivity contribution in [3.63, 3.8) is 0 Å². The smallest absolute Gasteiger partial charge is 0.384 e. The van der Waals surface area contributed by atoms with E-state index < -0.39 is 9.28 Å². The van der Waals surface area contributed by atoms with E-state index in [2.05, 4.69) is 54.6 Å². The molecule has 1 radical (unpaired) electrons. The van der Waals surface area contributed by atoms with Crippen molar-refractivity contribution in [3.05, 3.63) is 60.2 Å². The fourth-order valence-corrected chi connectivity index (χ4v) is 5.25. The monoisotopic (exact) mass is 347 g/mol. The van der Waals surface area contributed by atoms with Crippen molar-refractivity contribution in [1.82, 2.24) is 0 Å². The van der Waals surface area contributed by atoms with Crippen LogP contribution in [0.5, 0.6) is 0 Å². The first-order valence-corrected chi connectivity index (χ1v) is 10.6. The van der Waals surface area contributed by atoms with Crippen molar-refractivity contribution in [2.24, 2.45) is 0 Å². The fraction of sp³-hybridized carbons (Fsp3) is 0.273. The molecule has 0 aliphatic rings. The second kappa shape index (κ2) is 7.12. The van der Waals surface area contributed by atoms with Crippen LogP contribution in [0.2, 0.25) is 6.04 Å². The highest BCUT2D eigenvalue weighted by molar-refractivity contribution is 6.44. The first kappa shape index (κ1) is 16.5. The fourth-order valence-electron chi connectivity index (χ4n) is 3.76. The highest BCUT2D eigenvalue weighted by atomic mass is 28.3. The standard InChI is InChI=1S/C22H23O2Si/c1-3-23-25(24-4-2)15-14-16-8-9-19-11-10-17-6-5-7-18-12-13-20(16)22(19)21(17)18/h5-13H,3-4,14-15H2,1-2H3. The maximum absolute atomic E-state index is 5.81. The predicted molar refractivity (Wildman–Crippen MR) is 108 cm³/mol. The number of aryl methyl sites for hydroxylation is 1. The number of hydrogen-bond acceptors (Lipinski definition) is 2. The highest BCUT2D eigenvalue weighted by Crippen LogP contribution is 2.36. The Morgan fingerprint density at radius 2 is 1.32 bits per heavy atom. The van der Waals surface area contributed by atoms with Gasteiger partial charge in [0, 0.05) is 13.2 Å². The molecule has 0 spiro atoms. The quantitative estimate of drug-likeness (QED) is 0.316. The average molecular weight is 348 g/mol. The molecule has 0 amide bonds. The molecule has 127 valence electrons. The molecule has 4 rings (SSSR count). The molecule has 0 aliphatic carbocycles. The maximum Gasteiger partial charge on any atom is 0.384 e. The zero-order valence-electron chi connectivity index (χ0n) is 14.8. The molecule has 3 heteroatoms. The molecule has 2 nitrogen and oxygen atoms in total. The lowest BCUT2D eigenvalue weighted by atomic mass is 9.91. The van der Waals surface area contributed by atoms with Crippen LogP contribution in [0.15, 0.2) is 54.6 Å². The summed E-state index contributed by atoms with van der Waals surface area (Å²) >= 11 is 0. The van der Waals surface area contributed by atoms with Crippen LogP contribution in [0.4, 0.5) is 0 Å². The molecule has 25 heavy (non-hydrogen) atoms. The number of hydrogen-bond donors (Lipinski definition) is 0. The normalized spacial score (nSPS) is 12.1. The van der Waals surface area contributed by atoms with Crippen molar-refractivity contribution < 1.29 is 8.85 Å². The molecule has 0 unspecified atom stereocenters. The van der Waals surface area contributed by atoms with E-state index in [0.29, 0.717) is 0 Å². The van der Waals surface area contributed by atoms with Crippen molar-refractivity contribution in [3.8, 4) is 0 Å². The second-order valence-electron chi connectivity index (χ2n) is 6.32. The number of benzene rings is 4. The minimum Gasteiger partial charge on any atom is -0.394 e. The van der Waals surface area contributed by atoms with Gasteiger partial charge in [-0.25, -0.2) is 0 Å². The highest BCUT2D eigenvalue weighted by Gasteiger charge is 2.16. The van der Waals surface area contributed by atoms with Gasteiger partial charge in [0.2, 0.25) is 0 Å². The van der Waals surface area contributed by atoms with Crippen molar-refractivity contribution in [1.29, 1.82) is 0 Å². The van der Waals surface area contributed by atoms with E-state index in [1.54, 1.807) is 0 Å². The van der Waals surface area contributed by atoms with Gasteiger partial charge in [-0.2, -0.15) is 0 Å². The van der Waals surface area contributed by atoms with Gasteiger partial charge in [-0.1, -0.05) is 54.6 Å². The minimum atomic E-state index is -1.17. The summed E-state index contributed by atoms with van der Waals surface area (Å²) in [7, 11) is -1.17. The van der Waals surface area contributed by atoms with E-state index in [4.69, 9.17) is 8.85 Å². The van der Waals surface area contributed by atoms with Crippen molar-refractivity contribution >= 4 is 41.6 Å². The molecule has 0 bridgehead atoms. The lowest BCUT2D eigenvalue weighted by molar-refractivity contribution is 0.213. The van der Waals surface area contributed by atoms with Gasteiger partial charge in [0.25, 0.3) is 0 Å². The predicted octanol–water partition coefficient (Wildman–Crippen LogP) is 5.69. The summed E-state index contributed by atoms with van der Waals surface area (Å²) < 4.78 is 11.6. The lowest BCUT2D eigenvalue weighted by Gasteiger charge is -2.16. The van der Waals surface area contributed by atoms with Crippen LogP contribution >= 0.6 is 0 Å². The summed E-state index contributed by atoms with van der Waals surface area (Å²) in [5.41, 5.74) is 1.40. The Kier molecular flexibility index (Phi) is 4.71. The zero-order chi connectivity index (χ0) is 17.2. The summed E-state index contributed by atoms with van der Waals surface area (Å²) in [6.45, 7) is 5.54. The Bertz CT molecular complexity index is 973. The van der Waals surface area contributed by atoms with Crippen LogP contribution in [-0.2, 0) is 15.3 Å². The number of rotatable bonds is 7. The van der Waals surface area contributed by atoms with Crippen molar-refractivity contribution in [2.45, 2.75) is 26.3 Å². The van der Waals surface area contributed by atoms with Gasteiger partial charge in [0.15, 0.2) is 0 Å². The second-order valence-corrected chi connectivity index (χ2v) is 8.14. The van der Waals surface area contributed by atoms with E-state index in [1.165, 1.54) is 37.9 Å². The van der Waals surface area contributed by atoms with E-state index in [9.17, 15) is 0 Å². The average Bonchev–Trinajstić information content (AvgIpc) is 2.65. The third kappa shape index (κ3) is 3.04. The van der Waals surface area contributed by atoms with E-state index >= 15 is 0 Å². The Hall–Kier alpha value is -1.94. The van der Waals surface area contributed by atoms with Crippen LogP contribution in [0.3, 0.4) is 0 Å². The van der Waals surface area contributed by atoms with Gasteiger partial charge in [-0.15, -0.1) is 0 Å². The Morgan fingerprint density at radius 3 is 2.00 bits per heavy atom. The maximum atomic E-state index is 5.81.